The van der Waals surface area contributed by atoms with Gasteiger partial charge in [-0.2, -0.15) is 8.61 Å². The molecule has 2 fully saturated rings. The molecule has 0 bridgehead atoms. The lowest BCUT2D eigenvalue weighted by Gasteiger charge is -2.36. The Morgan fingerprint density at radius 2 is 1.38 bits per heavy atom. The molecule has 0 aromatic heterocycles. The van der Waals surface area contributed by atoms with Crippen LogP contribution in [0.15, 0.2) is 52.3 Å². The molecule has 0 unspecified atom stereocenters. The first kappa shape index (κ1) is 25.2. The Hall–Kier alpha value is -1.94. The van der Waals surface area contributed by atoms with E-state index < -0.39 is 20.0 Å². The van der Waals surface area contributed by atoms with Crippen LogP contribution in [-0.2, 0) is 20.0 Å². The number of benzene rings is 2. The van der Waals surface area contributed by atoms with Gasteiger partial charge in [0.25, 0.3) is 0 Å². The summed E-state index contributed by atoms with van der Waals surface area (Å²) in [6.45, 7) is 6.18. The van der Waals surface area contributed by atoms with Crippen molar-refractivity contribution in [3.8, 4) is 0 Å². The summed E-state index contributed by atoms with van der Waals surface area (Å²) in [7, 11) is -5.71. The number of rotatable bonds is 6. The third-order valence-corrected chi connectivity index (χ3v) is 11.2. The van der Waals surface area contributed by atoms with E-state index >= 15 is 0 Å². The Labute approximate surface area is 204 Å². The van der Waals surface area contributed by atoms with E-state index in [1.54, 1.807) is 7.05 Å². The van der Waals surface area contributed by atoms with Crippen LogP contribution in [0.5, 0.6) is 0 Å². The van der Waals surface area contributed by atoms with E-state index in [0.717, 1.165) is 37.8 Å². The summed E-state index contributed by atoms with van der Waals surface area (Å²) in [4.78, 5) is 2.50. The van der Waals surface area contributed by atoms with E-state index in [4.69, 9.17) is 0 Å². The van der Waals surface area contributed by atoms with Crippen molar-refractivity contribution in [2.45, 2.75) is 61.8 Å². The summed E-state index contributed by atoms with van der Waals surface area (Å²) in [5.74, 6) is 0. The van der Waals surface area contributed by atoms with Crippen LogP contribution in [0.4, 0.5) is 5.69 Å². The van der Waals surface area contributed by atoms with Gasteiger partial charge in [-0.25, -0.2) is 16.8 Å². The van der Waals surface area contributed by atoms with Gasteiger partial charge in [0, 0.05) is 45.0 Å². The summed E-state index contributed by atoms with van der Waals surface area (Å²) in [5.41, 5.74) is 3.58. The molecule has 0 spiro atoms. The van der Waals surface area contributed by atoms with E-state index in [2.05, 4.69) is 30.9 Å². The highest BCUT2D eigenvalue weighted by Gasteiger charge is 2.31. The largest absolute Gasteiger partial charge is 0.369 e. The molecule has 186 valence electrons. The molecule has 1 aliphatic carbocycles. The normalized spacial score (nSPS) is 19.0. The highest BCUT2D eigenvalue weighted by atomic mass is 32.2. The standard InChI is InChI=1S/C25H35N3O4S2/c1-20-8-7-11-25(21(20)2)27-16-18-28(19-17-27)34(31,32)24-14-12-23(13-15-24)33(29,30)26(3)22-9-5-4-6-10-22/h7-8,11-15,22H,4-6,9-10,16-19H2,1-3H3. The quantitative estimate of drug-likeness (QED) is 0.597. The molecule has 0 atom stereocenters. The maximum absolute atomic E-state index is 13.2. The fourth-order valence-corrected chi connectivity index (χ4v) is 7.83. The summed E-state index contributed by atoms with van der Waals surface area (Å²) in [5, 5.41) is 0. The molecule has 0 amide bonds. The first-order valence-electron chi connectivity index (χ1n) is 12.0. The number of anilines is 1. The van der Waals surface area contributed by atoms with Crippen LogP contribution in [0.2, 0.25) is 0 Å². The minimum Gasteiger partial charge on any atom is -0.369 e. The predicted molar refractivity (Wildman–Crippen MR) is 135 cm³/mol. The Morgan fingerprint density at radius 1 is 0.794 bits per heavy atom. The van der Waals surface area contributed by atoms with Crippen molar-refractivity contribution < 1.29 is 16.8 Å². The highest BCUT2D eigenvalue weighted by molar-refractivity contribution is 7.89. The average Bonchev–Trinajstić information content (AvgIpc) is 2.86. The molecule has 1 aliphatic heterocycles. The minimum atomic E-state index is -3.69. The van der Waals surface area contributed by atoms with Crippen molar-refractivity contribution in [1.29, 1.82) is 0 Å². The van der Waals surface area contributed by atoms with Crippen molar-refractivity contribution in [1.82, 2.24) is 8.61 Å². The lowest BCUT2D eigenvalue weighted by atomic mass is 9.96. The second-order valence-electron chi connectivity index (χ2n) is 9.39. The van der Waals surface area contributed by atoms with Crippen LogP contribution in [0.3, 0.4) is 0 Å². The fraction of sp³-hybridized carbons (Fsp3) is 0.520. The number of hydrogen-bond acceptors (Lipinski definition) is 5. The van der Waals surface area contributed by atoms with E-state index in [0.29, 0.717) is 26.2 Å². The summed E-state index contributed by atoms with van der Waals surface area (Å²) >= 11 is 0. The third kappa shape index (κ3) is 4.89. The van der Waals surface area contributed by atoms with Crippen molar-refractivity contribution in [3.63, 3.8) is 0 Å². The minimum absolute atomic E-state index is 0.00972. The zero-order valence-corrected chi connectivity index (χ0v) is 21.9. The molecule has 2 aliphatic rings. The van der Waals surface area contributed by atoms with Gasteiger partial charge in [0.2, 0.25) is 20.0 Å². The van der Waals surface area contributed by atoms with Crippen LogP contribution < -0.4 is 4.90 Å². The summed E-state index contributed by atoms with van der Waals surface area (Å²) < 4.78 is 55.6. The first-order valence-corrected chi connectivity index (χ1v) is 14.9. The Kier molecular flexibility index (Phi) is 7.38. The average molecular weight is 506 g/mol. The van der Waals surface area contributed by atoms with Gasteiger partial charge in [-0.05, 0) is 68.1 Å². The van der Waals surface area contributed by atoms with Crippen molar-refractivity contribution in [3.05, 3.63) is 53.6 Å². The van der Waals surface area contributed by atoms with Gasteiger partial charge in [-0.1, -0.05) is 31.4 Å². The number of sulfonamides is 2. The van der Waals surface area contributed by atoms with E-state index in [9.17, 15) is 16.8 Å². The maximum atomic E-state index is 13.2. The van der Waals surface area contributed by atoms with Crippen LogP contribution in [0, 0.1) is 13.8 Å². The van der Waals surface area contributed by atoms with Crippen LogP contribution in [0.1, 0.15) is 43.2 Å². The van der Waals surface area contributed by atoms with Crippen molar-refractivity contribution in [2.75, 3.05) is 38.1 Å². The van der Waals surface area contributed by atoms with Gasteiger partial charge in [-0.15, -0.1) is 0 Å². The third-order valence-electron chi connectivity index (χ3n) is 7.38. The van der Waals surface area contributed by atoms with E-state index in [1.807, 2.05) is 6.07 Å². The molecule has 2 aromatic rings. The first-order chi connectivity index (χ1) is 16.1. The molecular weight excluding hydrogens is 470 g/mol. The van der Waals surface area contributed by atoms with Crippen LogP contribution in [0.25, 0.3) is 0 Å². The van der Waals surface area contributed by atoms with E-state index in [1.165, 1.54) is 44.0 Å². The molecule has 1 saturated carbocycles. The lowest BCUT2D eigenvalue weighted by molar-refractivity contribution is 0.286. The Bertz CT molecular complexity index is 1210. The SMILES string of the molecule is Cc1cccc(N2CCN(S(=O)(=O)c3ccc(S(=O)(=O)N(C)C4CCCCC4)cc3)CC2)c1C. The molecule has 2 aromatic carbocycles. The van der Waals surface area contributed by atoms with Gasteiger partial charge in [0.1, 0.15) is 0 Å². The van der Waals surface area contributed by atoms with Crippen LogP contribution >= 0.6 is 0 Å². The number of nitrogens with zero attached hydrogens (tertiary/aromatic N) is 3. The Balaban J connectivity index is 1.45. The lowest BCUT2D eigenvalue weighted by Crippen LogP contribution is -2.48. The smallest absolute Gasteiger partial charge is 0.243 e. The van der Waals surface area contributed by atoms with Gasteiger partial charge in [0.15, 0.2) is 0 Å². The van der Waals surface area contributed by atoms with Gasteiger partial charge in [-0.3, -0.25) is 0 Å². The summed E-state index contributed by atoms with van der Waals surface area (Å²) in [6, 6.07) is 11.9. The fourth-order valence-electron chi connectivity index (χ4n) is 4.99. The van der Waals surface area contributed by atoms with Crippen LogP contribution in [-0.4, -0.2) is 64.7 Å². The number of piperazine rings is 1. The monoisotopic (exact) mass is 505 g/mol. The van der Waals surface area contributed by atoms with Gasteiger partial charge < -0.3 is 4.90 Å². The summed E-state index contributed by atoms with van der Waals surface area (Å²) in [6.07, 6.45) is 4.97. The molecule has 7 nitrogen and oxygen atoms in total. The van der Waals surface area contributed by atoms with Gasteiger partial charge >= 0.3 is 0 Å². The molecule has 0 radical (unpaired) electrons. The van der Waals surface area contributed by atoms with Crippen molar-refractivity contribution >= 4 is 25.7 Å². The molecule has 1 saturated heterocycles. The number of hydrogen-bond donors (Lipinski definition) is 0. The second kappa shape index (κ2) is 9.97. The molecule has 34 heavy (non-hydrogen) atoms. The zero-order valence-electron chi connectivity index (χ0n) is 20.3. The highest BCUT2D eigenvalue weighted by Crippen LogP contribution is 2.28. The molecule has 9 heteroatoms. The molecule has 0 N–H and O–H groups in total. The molecular formula is C25H35N3O4S2. The zero-order chi connectivity index (χ0) is 24.5. The van der Waals surface area contributed by atoms with E-state index in [-0.39, 0.29) is 15.8 Å². The Morgan fingerprint density at radius 3 is 2.00 bits per heavy atom. The molecule has 1 heterocycles. The number of aryl methyl sites for hydroxylation is 1. The van der Waals surface area contributed by atoms with Gasteiger partial charge in [0.05, 0.1) is 9.79 Å². The topological polar surface area (TPSA) is 78.0 Å². The predicted octanol–water partition coefficient (Wildman–Crippen LogP) is 3.77. The maximum Gasteiger partial charge on any atom is 0.243 e. The molecule has 4 rings (SSSR count). The second-order valence-corrected chi connectivity index (χ2v) is 13.3. The van der Waals surface area contributed by atoms with Crippen molar-refractivity contribution in [2.24, 2.45) is 0 Å².